The molecule has 1 aromatic carbocycles. The average Bonchev–Trinajstić information content (AvgIpc) is 3.27. The molecule has 1 aliphatic heterocycles. The summed E-state index contributed by atoms with van der Waals surface area (Å²) >= 11 is 0. The van der Waals surface area contributed by atoms with Gasteiger partial charge in [-0.3, -0.25) is 9.59 Å². The number of cyclic esters (lactones) is 1. The zero-order chi connectivity index (χ0) is 21.9. The van der Waals surface area contributed by atoms with Gasteiger partial charge in [0.15, 0.2) is 0 Å². The summed E-state index contributed by atoms with van der Waals surface area (Å²) in [7, 11) is 0. The molecule has 1 saturated heterocycles. The molecule has 2 aromatic rings. The molecule has 1 unspecified atom stereocenters. The van der Waals surface area contributed by atoms with Crippen LogP contribution in [0.5, 0.6) is 0 Å². The van der Waals surface area contributed by atoms with E-state index in [0.717, 1.165) is 10.5 Å². The molecule has 30 heavy (non-hydrogen) atoms. The number of ether oxygens (including phenoxy) is 2. The predicted molar refractivity (Wildman–Crippen MR) is 108 cm³/mol. The maximum atomic E-state index is 13.3. The van der Waals surface area contributed by atoms with Crippen molar-refractivity contribution in [3.63, 3.8) is 0 Å². The number of carbonyl (C=O) groups is 3. The number of benzene rings is 1. The van der Waals surface area contributed by atoms with Gasteiger partial charge in [-0.1, -0.05) is 30.3 Å². The van der Waals surface area contributed by atoms with E-state index >= 15 is 0 Å². The topological polar surface area (TPSA) is 86.0 Å². The van der Waals surface area contributed by atoms with Gasteiger partial charge in [-0.05, 0) is 45.4 Å². The van der Waals surface area contributed by atoms with Crippen LogP contribution in [0.1, 0.15) is 51.5 Å². The van der Waals surface area contributed by atoms with Crippen LogP contribution < -0.4 is 0 Å². The SMILES string of the molecule is C[C@H]1[C@@H](c2ccccc2)OC(=O)N1C(=O)C(CC(=O)OC(C)(C)C)Cc1ccco1. The second kappa shape index (κ2) is 8.73. The quantitative estimate of drug-likeness (QED) is 0.657. The van der Waals surface area contributed by atoms with E-state index in [1.807, 2.05) is 30.3 Å². The van der Waals surface area contributed by atoms with E-state index in [2.05, 4.69) is 0 Å². The summed E-state index contributed by atoms with van der Waals surface area (Å²) in [4.78, 5) is 39.5. The van der Waals surface area contributed by atoms with E-state index in [-0.39, 0.29) is 12.8 Å². The van der Waals surface area contributed by atoms with Gasteiger partial charge in [-0.15, -0.1) is 0 Å². The molecule has 7 heteroatoms. The monoisotopic (exact) mass is 413 g/mol. The van der Waals surface area contributed by atoms with Crippen LogP contribution in [0.25, 0.3) is 0 Å². The Labute approximate surface area is 175 Å². The maximum absolute atomic E-state index is 13.3. The summed E-state index contributed by atoms with van der Waals surface area (Å²) in [5.74, 6) is -1.24. The molecule has 0 aliphatic carbocycles. The third kappa shape index (κ3) is 5.09. The summed E-state index contributed by atoms with van der Waals surface area (Å²) in [6, 6.07) is 12.2. The molecule has 0 bridgehead atoms. The number of imide groups is 1. The molecular weight excluding hydrogens is 386 g/mol. The molecule has 2 heterocycles. The molecule has 7 nitrogen and oxygen atoms in total. The minimum Gasteiger partial charge on any atom is -0.469 e. The van der Waals surface area contributed by atoms with Crippen molar-refractivity contribution < 1.29 is 28.3 Å². The lowest BCUT2D eigenvalue weighted by atomic mass is 9.96. The highest BCUT2D eigenvalue weighted by molar-refractivity contribution is 5.96. The second-order valence-corrected chi connectivity index (χ2v) is 8.43. The highest BCUT2D eigenvalue weighted by atomic mass is 16.6. The lowest BCUT2D eigenvalue weighted by Gasteiger charge is -2.25. The van der Waals surface area contributed by atoms with Gasteiger partial charge in [0.1, 0.15) is 17.5 Å². The molecular formula is C23H27NO6. The predicted octanol–water partition coefficient (Wildman–Crippen LogP) is 4.28. The zero-order valence-electron chi connectivity index (χ0n) is 17.7. The van der Waals surface area contributed by atoms with Gasteiger partial charge in [0.25, 0.3) is 0 Å². The van der Waals surface area contributed by atoms with Gasteiger partial charge in [0.05, 0.1) is 24.6 Å². The third-order valence-corrected chi connectivity index (χ3v) is 4.85. The molecule has 3 atom stereocenters. The van der Waals surface area contributed by atoms with Crippen molar-refractivity contribution in [1.82, 2.24) is 4.90 Å². The Kier molecular flexibility index (Phi) is 6.29. The number of furan rings is 1. The fourth-order valence-electron chi connectivity index (χ4n) is 3.54. The van der Waals surface area contributed by atoms with Crippen molar-refractivity contribution in [2.75, 3.05) is 0 Å². The summed E-state index contributed by atoms with van der Waals surface area (Å²) in [6.45, 7) is 7.05. The molecule has 160 valence electrons. The van der Waals surface area contributed by atoms with Gasteiger partial charge in [-0.25, -0.2) is 9.69 Å². The van der Waals surface area contributed by atoms with E-state index in [4.69, 9.17) is 13.9 Å². The van der Waals surface area contributed by atoms with Crippen LogP contribution >= 0.6 is 0 Å². The van der Waals surface area contributed by atoms with Crippen LogP contribution in [-0.4, -0.2) is 34.5 Å². The number of esters is 1. The lowest BCUT2D eigenvalue weighted by molar-refractivity contribution is -0.158. The molecule has 0 saturated carbocycles. The summed E-state index contributed by atoms with van der Waals surface area (Å²) in [5.41, 5.74) is 0.136. The number of amides is 2. The Hall–Kier alpha value is -3.09. The Morgan fingerprint density at radius 3 is 2.43 bits per heavy atom. The molecule has 3 rings (SSSR count). The first kappa shape index (κ1) is 21.6. The molecule has 1 fully saturated rings. The highest BCUT2D eigenvalue weighted by Crippen LogP contribution is 2.34. The van der Waals surface area contributed by atoms with Gasteiger partial charge in [-0.2, -0.15) is 0 Å². The minimum atomic E-state index is -0.810. The van der Waals surface area contributed by atoms with E-state index in [0.29, 0.717) is 5.76 Å². The number of hydrogen-bond acceptors (Lipinski definition) is 6. The summed E-state index contributed by atoms with van der Waals surface area (Å²) in [5, 5.41) is 0. The molecule has 1 aliphatic rings. The summed E-state index contributed by atoms with van der Waals surface area (Å²) in [6.07, 6.45) is 0.243. The Bertz CT molecular complexity index is 884. The molecule has 1 aromatic heterocycles. The van der Waals surface area contributed by atoms with Crippen LogP contribution in [-0.2, 0) is 25.5 Å². The number of carbonyl (C=O) groups excluding carboxylic acids is 3. The molecule has 0 radical (unpaired) electrons. The highest BCUT2D eigenvalue weighted by Gasteiger charge is 2.45. The van der Waals surface area contributed by atoms with E-state index in [1.165, 1.54) is 6.26 Å². The van der Waals surface area contributed by atoms with Crippen LogP contribution in [0.15, 0.2) is 53.1 Å². The summed E-state index contributed by atoms with van der Waals surface area (Å²) < 4.78 is 16.2. The van der Waals surface area contributed by atoms with Crippen LogP contribution in [0.2, 0.25) is 0 Å². The Morgan fingerprint density at radius 2 is 1.83 bits per heavy atom. The van der Waals surface area contributed by atoms with Crippen LogP contribution in [0, 0.1) is 5.92 Å². The first-order valence-corrected chi connectivity index (χ1v) is 9.98. The minimum absolute atomic E-state index is 0.163. The molecule has 0 N–H and O–H groups in total. The van der Waals surface area contributed by atoms with Crippen molar-refractivity contribution in [3.05, 3.63) is 60.1 Å². The lowest BCUT2D eigenvalue weighted by Crippen LogP contribution is -2.43. The van der Waals surface area contributed by atoms with Gasteiger partial charge < -0.3 is 13.9 Å². The van der Waals surface area contributed by atoms with Crippen molar-refractivity contribution in [2.45, 2.75) is 58.3 Å². The first-order valence-electron chi connectivity index (χ1n) is 9.98. The second-order valence-electron chi connectivity index (χ2n) is 8.43. The zero-order valence-corrected chi connectivity index (χ0v) is 17.7. The Morgan fingerprint density at radius 1 is 1.13 bits per heavy atom. The van der Waals surface area contributed by atoms with Crippen molar-refractivity contribution in [1.29, 1.82) is 0 Å². The van der Waals surface area contributed by atoms with Gasteiger partial charge in [0.2, 0.25) is 5.91 Å². The Balaban J connectivity index is 1.80. The largest absolute Gasteiger partial charge is 0.469 e. The van der Waals surface area contributed by atoms with Gasteiger partial charge in [0, 0.05) is 6.42 Å². The first-order chi connectivity index (χ1) is 14.2. The van der Waals surface area contributed by atoms with Crippen molar-refractivity contribution in [3.8, 4) is 0 Å². The average molecular weight is 413 g/mol. The smallest absolute Gasteiger partial charge is 0.417 e. The van der Waals surface area contributed by atoms with Crippen LogP contribution in [0.4, 0.5) is 4.79 Å². The maximum Gasteiger partial charge on any atom is 0.417 e. The third-order valence-electron chi connectivity index (χ3n) is 4.85. The van der Waals surface area contributed by atoms with E-state index in [1.54, 1.807) is 39.8 Å². The van der Waals surface area contributed by atoms with Crippen molar-refractivity contribution in [2.24, 2.45) is 5.92 Å². The number of hydrogen-bond donors (Lipinski definition) is 0. The standard InChI is InChI=1S/C23H27NO6/c1-15-20(16-9-6-5-7-10-16)29-22(27)24(15)21(26)17(13-18-11-8-12-28-18)14-19(25)30-23(2,3)4/h5-12,15,17,20H,13-14H2,1-4H3/t15-,17?,20-/m0/s1. The van der Waals surface area contributed by atoms with E-state index in [9.17, 15) is 14.4 Å². The van der Waals surface area contributed by atoms with Crippen LogP contribution in [0.3, 0.4) is 0 Å². The van der Waals surface area contributed by atoms with Crippen molar-refractivity contribution >= 4 is 18.0 Å². The normalized spacial score (nSPS) is 20.0. The fourth-order valence-corrected chi connectivity index (χ4v) is 3.54. The number of rotatable bonds is 6. The van der Waals surface area contributed by atoms with E-state index < -0.39 is 41.6 Å². The number of nitrogens with zero attached hydrogens (tertiary/aromatic N) is 1. The van der Waals surface area contributed by atoms with Gasteiger partial charge >= 0.3 is 12.1 Å². The molecule has 0 spiro atoms. The molecule has 2 amide bonds. The fraction of sp³-hybridized carbons (Fsp3) is 0.435.